The van der Waals surface area contributed by atoms with Crippen molar-refractivity contribution in [2.45, 2.75) is 25.7 Å². The van der Waals surface area contributed by atoms with Gasteiger partial charge in [-0.15, -0.1) is 13.2 Å². The number of hydrogen-bond donors (Lipinski definition) is 4. The van der Waals surface area contributed by atoms with Crippen LogP contribution >= 0.6 is 11.6 Å². The van der Waals surface area contributed by atoms with Crippen molar-refractivity contribution in [3.63, 3.8) is 0 Å². The molecule has 2 aromatic carbocycles. The lowest BCUT2D eigenvalue weighted by Gasteiger charge is -2.12. The highest BCUT2D eigenvalue weighted by molar-refractivity contribution is 6.32. The molecule has 0 bridgehead atoms. The van der Waals surface area contributed by atoms with E-state index < -0.39 is 18.0 Å². The van der Waals surface area contributed by atoms with Gasteiger partial charge in [0.25, 0.3) is 0 Å². The van der Waals surface area contributed by atoms with Gasteiger partial charge in [-0.05, 0) is 42.3 Å². The van der Waals surface area contributed by atoms with Gasteiger partial charge < -0.3 is 26.4 Å². The summed E-state index contributed by atoms with van der Waals surface area (Å²) in [4.78, 5) is 32.6. The molecule has 210 valence electrons. The molecule has 2 aromatic heterocycles. The lowest BCUT2D eigenvalue weighted by molar-refractivity contribution is -0.274. The Bertz CT molecular complexity index is 1530. The quantitative estimate of drug-likeness (QED) is 0.144. The van der Waals surface area contributed by atoms with Crippen LogP contribution in [0.1, 0.15) is 28.8 Å². The van der Waals surface area contributed by atoms with E-state index in [1.54, 1.807) is 30.6 Å². The molecule has 0 atom stereocenters. The SMILES string of the molecule is NC(=O)c1ccc2c(c1)nc(NCCCNC(=O)CCNCc1ccc(OC(F)(F)F)c(Cl)c1)c1ccncc12. The second-order valence-corrected chi connectivity index (χ2v) is 9.25. The maximum Gasteiger partial charge on any atom is 0.573 e. The van der Waals surface area contributed by atoms with Crippen molar-refractivity contribution in [3.05, 3.63) is 71.0 Å². The molecule has 13 heteroatoms. The van der Waals surface area contributed by atoms with Crippen LogP contribution in [0.15, 0.2) is 54.9 Å². The van der Waals surface area contributed by atoms with Crippen molar-refractivity contribution in [2.24, 2.45) is 5.73 Å². The zero-order chi connectivity index (χ0) is 28.7. The van der Waals surface area contributed by atoms with Gasteiger partial charge in [-0.1, -0.05) is 23.7 Å². The third-order valence-electron chi connectivity index (χ3n) is 5.93. The van der Waals surface area contributed by atoms with Gasteiger partial charge in [-0.3, -0.25) is 14.6 Å². The van der Waals surface area contributed by atoms with Crippen molar-refractivity contribution >= 4 is 50.9 Å². The molecule has 0 spiro atoms. The van der Waals surface area contributed by atoms with E-state index in [1.165, 1.54) is 12.1 Å². The van der Waals surface area contributed by atoms with Gasteiger partial charge in [0.1, 0.15) is 11.6 Å². The zero-order valence-corrected chi connectivity index (χ0v) is 21.9. The summed E-state index contributed by atoms with van der Waals surface area (Å²) in [6.07, 6.45) is -0.530. The maximum atomic E-state index is 12.3. The number of anilines is 1. The Balaban J connectivity index is 1.20. The predicted octanol–water partition coefficient (Wildman–Crippen LogP) is 4.53. The molecule has 2 amide bonds. The van der Waals surface area contributed by atoms with E-state index in [9.17, 15) is 22.8 Å². The number of ether oxygens (including phenoxy) is 1. The number of hydrogen-bond acceptors (Lipinski definition) is 7. The zero-order valence-electron chi connectivity index (χ0n) is 21.1. The molecule has 0 saturated heterocycles. The summed E-state index contributed by atoms with van der Waals surface area (Å²) >= 11 is 5.85. The molecule has 0 saturated carbocycles. The van der Waals surface area contributed by atoms with Gasteiger partial charge in [-0.25, -0.2) is 4.98 Å². The number of pyridine rings is 2. The van der Waals surface area contributed by atoms with Crippen LogP contribution in [0.3, 0.4) is 0 Å². The number of nitrogens with one attached hydrogen (secondary N) is 3. The lowest BCUT2D eigenvalue weighted by atomic mass is 10.1. The number of aromatic nitrogens is 2. The first-order valence-corrected chi connectivity index (χ1v) is 12.7. The summed E-state index contributed by atoms with van der Waals surface area (Å²) in [7, 11) is 0. The standard InChI is InChI=1S/C27H26ClF3N6O3/c28-21-12-16(2-5-23(21)40-27(29,30)31)14-33-11-7-24(38)35-8-1-9-36-26-19-6-10-34-15-20(19)18-4-3-17(25(32)39)13-22(18)37-26/h2-6,10,12-13,15,33H,1,7-9,11,14H2,(H2,32,39)(H,35,38)(H,36,37). The highest BCUT2D eigenvalue weighted by Gasteiger charge is 2.32. The van der Waals surface area contributed by atoms with Crippen LogP contribution in [-0.2, 0) is 11.3 Å². The number of carbonyl (C=O) groups excluding carboxylic acids is 2. The van der Waals surface area contributed by atoms with Gasteiger partial charge >= 0.3 is 6.36 Å². The average Bonchev–Trinajstić information content (AvgIpc) is 2.91. The van der Waals surface area contributed by atoms with E-state index in [0.717, 1.165) is 22.2 Å². The summed E-state index contributed by atoms with van der Waals surface area (Å²) in [5.74, 6) is -0.502. The Labute approximate surface area is 232 Å². The van der Waals surface area contributed by atoms with Crippen molar-refractivity contribution < 1.29 is 27.5 Å². The fourth-order valence-electron chi connectivity index (χ4n) is 4.04. The number of amides is 2. The second kappa shape index (κ2) is 12.8. The molecule has 0 aliphatic rings. The fourth-order valence-corrected chi connectivity index (χ4v) is 4.29. The summed E-state index contributed by atoms with van der Waals surface area (Å²) in [5, 5.41) is 11.7. The monoisotopic (exact) mass is 574 g/mol. The number of rotatable bonds is 12. The molecule has 9 nitrogen and oxygen atoms in total. The third kappa shape index (κ3) is 7.70. The Morgan fingerprint density at radius 2 is 1.82 bits per heavy atom. The minimum Gasteiger partial charge on any atom is -0.404 e. The molecular formula is C27H26ClF3N6O3. The summed E-state index contributed by atoms with van der Waals surface area (Å²) < 4.78 is 40.9. The number of benzene rings is 2. The summed E-state index contributed by atoms with van der Waals surface area (Å²) in [6, 6.07) is 11.0. The molecule has 2 heterocycles. The van der Waals surface area contributed by atoms with Gasteiger partial charge in [-0.2, -0.15) is 0 Å². The Hall–Kier alpha value is -4.16. The molecule has 4 aromatic rings. The Morgan fingerprint density at radius 1 is 1.00 bits per heavy atom. The van der Waals surface area contributed by atoms with Crippen molar-refractivity contribution in [1.29, 1.82) is 0 Å². The molecule has 0 radical (unpaired) electrons. The number of fused-ring (bicyclic) bond motifs is 3. The molecule has 0 unspecified atom stereocenters. The minimum absolute atomic E-state index is 0.140. The molecule has 0 fully saturated rings. The predicted molar refractivity (Wildman–Crippen MR) is 146 cm³/mol. The number of alkyl halides is 3. The van der Waals surface area contributed by atoms with Gasteiger partial charge in [0, 0.05) is 66.7 Å². The first kappa shape index (κ1) is 28.8. The maximum absolute atomic E-state index is 12.3. The smallest absolute Gasteiger partial charge is 0.404 e. The summed E-state index contributed by atoms with van der Waals surface area (Å²) in [5.41, 5.74) is 7.05. The van der Waals surface area contributed by atoms with Crippen LogP contribution < -0.4 is 26.4 Å². The number of halogens is 4. The van der Waals surface area contributed by atoms with Crippen LogP contribution in [0.2, 0.25) is 5.02 Å². The number of nitrogens with zero attached hydrogens (tertiary/aromatic N) is 2. The molecule has 4 rings (SSSR count). The van der Waals surface area contributed by atoms with Crippen LogP contribution in [-0.4, -0.2) is 47.8 Å². The largest absolute Gasteiger partial charge is 0.573 e. The molecule has 0 aliphatic heterocycles. The minimum atomic E-state index is -4.82. The highest BCUT2D eigenvalue weighted by atomic mass is 35.5. The van der Waals surface area contributed by atoms with E-state index in [0.29, 0.717) is 55.1 Å². The fraction of sp³-hybridized carbons (Fsp3) is 0.259. The van der Waals surface area contributed by atoms with E-state index in [1.807, 2.05) is 6.07 Å². The summed E-state index contributed by atoms with van der Waals surface area (Å²) in [6.45, 7) is 1.68. The third-order valence-corrected chi connectivity index (χ3v) is 6.22. The van der Waals surface area contributed by atoms with Gasteiger partial charge in [0.05, 0.1) is 10.5 Å². The van der Waals surface area contributed by atoms with Gasteiger partial charge in [0.2, 0.25) is 11.8 Å². The van der Waals surface area contributed by atoms with Crippen LogP contribution in [0, 0.1) is 0 Å². The Kier molecular flexibility index (Phi) is 9.22. The number of carbonyl (C=O) groups is 2. The number of nitrogens with two attached hydrogens (primary N) is 1. The molecule has 0 aliphatic carbocycles. The average molecular weight is 575 g/mol. The topological polar surface area (TPSA) is 131 Å². The highest BCUT2D eigenvalue weighted by Crippen LogP contribution is 2.31. The first-order chi connectivity index (χ1) is 19.1. The van der Waals surface area contributed by atoms with Crippen LogP contribution in [0.25, 0.3) is 21.7 Å². The van der Waals surface area contributed by atoms with E-state index >= 15 is 0 Å². The molecule has 40 heavy (non-hydrogen) atoms. The van der Waals surface area contributed by atoms with Crippen LogP contribution in [0.5, 0.6) is 5.75 Å². The normalized spacial score (nSPS) is 11.5. The van der Waals surface area contributed by atoms with Crippen molar-refractivity contribution in [2.75, 3.05) is 25.0 Å². The molecular weight excluding hydrogens is 549 g/mol. The Morgan fingerprint density at radius 3 is 2.58 bits per heavy atom. The van der Waals surface area contributed by atoms with E-state index in [4.69, 9.17) is 17.3 Å². The first-order valence-electron chi connectivity index (χ1n) is 12.3. The van der Waals surface area contributed by atoms with Crippen molar-refractivity contribution in [1.82, 2.24) is 20.6 Å². The molecule has 5 N–H and O–H groups in total. The lowest BCUT2D eigenvalue weighted by Crippen LogP contribution is -2.29. The van der Waals surface area contributed by atoms with Crippen LogP contribution in [0.4, 0.5) is 19.0 Å². The van der Waals surface area contributed by atoms with Crippen molar-refractivity contribution in [3.8, 4) is 5.75 Å². The van der Waals surface area contributed by atoms with E-state index in [2.05, 4.69) is 30.7 Å². The van der Waals surface area contributed by atoms with E-state index in [-0.39, 0.29) is 17.4 Å². The second-order valence-electron chi connectivity index (χ2n) is 8.85. The number of primary amides is 1. The van der Waals surface area contributed by atoms with Gasteiger partial charge in [0.15, 0.2) is 0 Å².